The van der Waals surface area contributed by atoms with Crippen LogP contribution in [0.15, 0.2) is 29.3 Å². The van der Waals surface area contributed by atoms with Crippen LogP contribution in [0.2, 0.25) is 5.02 Å². The number of likely N-dealkylation sites (tertiary alicyclic amines) is 1. The third-order valence-corrected chi connectivity index (χ3v) is 4.50. The summed E-state index contributed by atoms with van der Waals surface area (Å²) in [6, 6.07) is 8.45. The van der Waals surface area contributed by atoms with Crippen molar-refractivity contribution in [1.29, 1.82) is 0 Å². The summed E-state index contributed by atoms with van der Waals surface area (Å²) in [5.41, 5.74) is 7.47. The molecule has 108 valence electrons. The highest BCUT2D eigenvalue weighted by atomic mass is 35.5. The lowest BCUT2D eigenvalue weighted by Crippen LogP contribution is -2.38. The van der Waals surface area contributed by atoms with Gasteiger partial charge in [0.25, 0.3) is 0 Å². The van der Waals surface area contributed by atoms with E-state index < -0.39 is 0 Å². The third kappa shape index (κ3) is 3.26. The molecule has 4 heteroatoms. The van der Waals surface area contributed by atoms with E-state index >= 15 is 0 Å². The Bertz CT molecular complexity index is 492. The lowest BCUT2D eigenvalue weighted by molar-refractivity contribution is 0.428. The van der Waals surface area contributed by atoms with Crippen LogP contribution < -0.4 is 5.73 Å². The molecule has 0 bridgehead atoms. The van der Waals surface area contributed by atoms with Gasteiger partial charge in [0.2, 0.25) is 0 Å². The summed E-state index contributed by atoms with van der Waals surface area (Å²) < 4.78 is 0. The highest BCUT2D eigenvalue weighted by molar-refractivity contribution is 6.30. The molecule has 1 heterocycles. The first-order chi connectivity index (χ1) is 9.74. The van der Waals surface area contributed by atoms with Gasteiger partial charge in [-0.15, -0.1) is 0 Å². The molecule has 3 rings (SSSR count). The van der Waals surface area contributed by atoms with Crippen molar-refractivity contribution < 1.29 is 0 Å². The average molecular weight is 292 g/mol. The van der Waals surface area contributed by atoms with Crippen molar-refractivity contribution in [3.8, 4) is 0 Å². The van der Waals surface area contributed by atoms with Crippen molar-refractivity contribution in [2.24, 2.45) is 10.7 Å². The van der Waals surface area contributed by atoms with Crippen molar-refractivity contribution in [2.75, 3.05) is 13.1 Å². The topological polar surface area (TPSA) is 41.6 Å². The number of rotatable bonds is 2. The Labute approximate surface area is 125 Å². The number of hydrogen-bond acceptors (Lipinski definition) is 1. The van der Waals surface area contributed by atoms with Crippen LogP contribution in [0.25, 0.3) is 0 Å². The van der Waals surface area contributed by atoms with Gasteiger partial charge in [0.05, 0.1) is 6.04 Å². The minimum Gasteiger partial charge on any atom is -0.370 e. The molecule has 2 aliphatic rings. The fourth-order valence-electron chi connectivity index (χ4n) is 2.97. The zero-order valence-corrected chi connectivity index (χ0v) is 12.5. The van der Waals surface area contributed by atoms with Gasteiger partial charge in [-0.3, -0.25) is 0 Å². The second kappa shape index (κ2) is 6.04. The number of aliphatic imine (C=N–C) groups is 1. The Morgan fingerprint density at radius 3 is 2.65 bits per heavy atom. The minimum absolute atomic E-state index is 0.344. The normalized spacial score (nSPS) is 27.2. The van der Waals surface area contributed by atoms with Crippen LogP contribution in [0.5, 0.6) is 0 Å². The van der Waals surface area contributed by atoms with E-state index in [0.29, 0.717) is 12.0 Å². The van der Waals surface area contributed by atoms with E-state index in [2.05, 4.69) is 11.0 Å². The minimum atomic E-state index is 0.344. The molecule has 20 heavy (non-hydrogen) atoms. The first-order valence-electron chi connectivity index (χ1n) is 7.58. The predicted octanol–water partition coefficient (Wildman–Crippen LogP) is 3.39. The van der Waals surface area contributed by atoms with Crippen LogP contribution in [0.3, 0.4) is 0 Å². The fourth-order valence-corrected chi connectivity index (χ4v) is 3.17. The Balaban J connectivity index is 1.62. The van der Waals surface area contributed by atoms with Crippen molar-refractivity contribution in [2.45, 2.75) is 44.1 Å². The molecule has 1 saturated carbocycles. The number of halogens is 1. The van der Waals surface area contributed by atoms with E-state index in [1.807, 2.05) is 18.2 Å². The summed E-state index contributed by atoms with van der Waals surface area (Å²) in [7, 11) is 0. The standard InChI is InChI=1S/C16H22ClN3/c17-13-7-5-6-12(10-13)14-11-15(14)19-16(18)20-8-3-1-2-4-9-20/h5-7,10,14-15H,1-4,8-9,11H2,(H2,18,19). The summed E-state index contributed by atoms with van der Waals surface area (Å²) in [4.78, 5) is 6.97. The monoisotopic (exact) mass is 291 g/mol. The van der Waals surface area contributed by atoms with Gasteiger partial charge in [0, 0.05) is 24.0 Å². The Kier molecular flexibility index (Phi) is 4.16. The van der Waals surface area contributed by atoms with Crippen LogP contribution in [-0.2, 0) is 0 Å². The summed E-state index contributed by atoms with van der Waals surface area (Å²) in [5.74, 6) is 1.24. The summed E-state index contributed by atoms with van der Waals surface area (Å²) >= 11 is 6.04. The average Bonchev–Trinajstić information content (AvgIpc) is 3.21. The molecule has 2 N–H and O–H groups in total. The highest BCUT2D eigenvalue weighted by Crippen LogP contribution is 2.44. The Morgan fingerprint density at radius 1 is 1.20 bits per heavy atom. The second-order valence-corrected chi connectivity index (χ2v) is 6.29. The maximum Gasteiger partial charge on any atom is 0.191 e. The van der Waals surface area contributed by atoms with Crippen molar-refractivity contribution in [1.82, 2.24) is 4.90 Å². The van der Waals surface area contributed by atoms with E-state index in [4.69, 9.17) is 22.3 Å². The quantitative estimate of drug-likeness (QED) is 0.670. The maximum absolute atomic E-state index is 6.18. The van der Waals surface area contributed by atoms with Crippen LogP contribution in [-0.4, -0.2) is 30.0 Å². The SMILES string of the molecule is NC(=NC1CC1c1cccc(Cl)c1)N1CCCCCC1. The fraction of sp³-hybridized carbons (Fsp3) is 0.562. The van der Waals surface area contributed by atoms with E-state index in [1.54, 1.807) is 0 Å². The Hall–Kier alpha value is -1.22. The van der Waals surface area contributed by atoms with Crippen molar-refractivity contribution in [3.05, 3.63) is 34.9 Å². The van der Waals surface area contributed by atoms with Crippen molar-refractivity contribution >= 4 is 17.6 Å². The lowest BCUT2D eigenvalue weighted by Gasteiger charge is -2.21. The van der Waals surface area contributed by atoms with Gasteiger partial charge in [-0.05, 0) is 37.0 Å². The van der Waals surface area contributed by atoms with Crippen LogP contribution in [0, 0.1) is 0 Å². The zero-order chi connectivity index (χ0) is 13.9. The summed E-state index contributed by atoms with van der Waals surface area (Å²) in [5, 5.41) is 0.803. The zero-order valence-electron chi connectivity index (χ0n) is 11.8. The van der Waals surface area contributed by atoms with Crippen LogP contribution in [0.4, 0.5) is 0 Å². The molecule has 2 unspecified atom stereocenters. The predicted molar refractivity (Wildman–Crippen MR) is 84.3 cm³/mol. The van der Waals surface area contributed by atoms with E-state index in [1.165, 1.54) is 31.2 Å². The Morgan fingerprint density at radius 2 is 1.95 bits per heavy atom. The molecule has 1 aromatic rings. The molecule has 2 atom stereocenters. The van der Waals surface area contributed by atoms with Gasteiger partial charge in [-0.2, -0.15) is 0 Å². The second-order valence-electron chi connectivity index (χ2n) is 5.85. The van der Waals surface area contributed by atoms with Gasteiger partial charge in [-0.25, -0.2) is 4.99 Å². The molecule has 1 aliphatic heterocycles. The highest BCUT2D eigenvalue weighted by Gasteiger charge is 2.38. The molecule has 1 aromatic carbocycles. The van der Waals surface area contributed by atoms with E-state index in [9.17, 15) is 0 Å². The van der Waals surface area contributed by atoms with Gasteiger partial charge < -0.3 is 10.6 Å². The van der Waals surface area contributed by atoms with Gasteiger partial charge >= 0.3 is 0 Å². The van der Waals surface area contributed by atoms with E-state index in [-0.39, 0.29) is 0 Å². The number of hydrogen-bond donors (Lipinski definition) is 1. The number of nitrogens with zero attached hydrogens (tertiary/aromatic N) is 2. The van der Waals surface area contributed by atoms with E-state index in [0.717, 1.165) is 30.5 Å². The number of guanidine groups is 1. The summed E-state index contributed by atoms with van der Waals surface area (Å²) in [6.45, 7) is 2.12. The first kappa shape index (κ1) is 13.7. The van der Waals surface area contributed by atoms with Crippen molar-refractivity contribution in [3.63, 3.8) is 0 Å². The lowest BCUT2D eigenvalue weighted by atomic mass is 10.1. The molecule has 2 fully saturated rings. The smallest absolute Gasteiger partial charge is 0.191 e. The molecule has 1 aliphatic carbocycles. The molecule has 3 nitrogen and oxygen atoms in total. The van der Waals surface area contributed by atoms with Gasteiger partial charge in [-0.1, -0.05) is 36.6 Å². The third-order valence-electron chi connectivity index (χ3n) is 4.26. The first-order valence-corrected chi connectivity index (χ1v) is 7.95. The molecular formula is C16H22ClN3. The molecule has 0 spiro atoms. The molecule has 0 radical (unpaired) electrons. The number of nitrogens with two attached hydrogens (primary N) is 1. The van der Waals surface area contributed by atoms with Crippen LogP contribution >= 0.6 is 11.6 Å². The molecular weight excluding hydrogens is 270 g/mol. The molecule has 1 saturated heterocycles. The van der Waals surface area contributed by atoms with Gasteiger partial charge in [0.15, 0.2) is 5.96 Å². The largest absolute Gasteiger partial charge is 0.370 e. The van der Waals surface area contributed by atoms with Crippen LogP contribution in [0.1, 0.15) is 43.6 Å². The molecule has 0 amide bonds. The maximum atomic E-state index is 6.18. The summed E-state index contributed by atoms with van der Waals surface area (Å²) in [6.07, 6.45) is 6.20. The number of benzene rings is 1. The van der Waals surface area contributed by atoms with Gasteiger partial charge in [0.1, 0.15) is 0 Å². The molecule has 0 aromatic heterocycles.